The van der Waals surface area contributed by atoms with Gasteiger partial charge in [0.05, 0.1) is 43.4 Å². The Kier molecular flexibility index (Phi) is 29.0. The Hall–Kier alpha value is -6.75. The van der Waals surface area contributed by atoms with Gasteiger partial charge in [0.25, 0.3) is 22.2 Å². The summed E-state index contributed by atoms with van der Waals surface area (Å²) < 4.78 is 206. The number of nitrogens with zero attached hydrogens (tertiary/aromatic N) is 4. The molecule has 7 aliphatic rings. The Morgan fingerprint density at radius 2 is 0.718 bits per heavy atom. The van der Waals surface area contributed by atoms with Crippen LogP contribution in [0.1, 0.15) is 88.7 Å². The van der Waals surface area contributed by atoms with E-state index in [1.807, 2.05) is 0 Å². The van der Waals surface area contributed by atoms with Crippen molar-refractivity contribution in [2.75, 3.05) is 26.4 Å². The van der Waals surface area contributed by atoms with Gasteiger partial charge < -0.3 is 99.1 Å². The molecule has 11 heterocycles. The van der Waals surface area contributed by atoms with Crippen LogP contribution in [-0.2, 0) is 96.8 Å². The second-order valence-corrected chi connectivity index (χ2v) is 27.1. The minimum absolute atomic E-state index is 0.0536. The highest BCUT2D eigenvalue weighted by molar-refractivity contribution is 7.71. The Bertz CT molecular complexity index is 4370. The molecule has 7 saturated heterocycles. The predicted molar refractivity (Wildman–Crippen MR) is 347 cm³/mol. The number of alkyl halides is 13. The number of carbonyl (C=O) groups excluding carboxylic acids is 4. The van der Waals surface area contributed by atoms with E-state index >= 15 is 0 Å². The van der Waals surface area contributed by atoms with Crippen molar-refractivity contribution in [2.45, 2.75) is 207 Å². The number of nitrogens with one attached hydrogen (secondary N) is 6. The van der Waals surface area contributed by atoms with E-state index in [1.165, 1.54) is 16.1 Å². The Labute approximate surface area is 632 Å². The molecule has 0 saturated carbocycles. The zero-order valence-corrected chi connectivity index (χ0v) is 61.1. The number of amides is 2. The lowest BCUT2D eigenvalue weighted by atomic mass is 10.1. The van der Waals surface area contributed by atoms with Crippen LogP contribution in [-0.4, -0.2) is 234 Å². The quantitative estimate of drug-likeness (QED) is 0.0277. The average molecular weight is 1700 g/mol. The maximum Gasteiger partial charge on any atom is 0.491 e. The highest BCUT2D eigenvalue weighted by atomic mass is 35.5. The van der Waals surface area contributed by atoms with Crippen LogP contribution in [0.4, 0.5) is 52.7 Å². The number of nitrogens with two attached hydrogens (primary N) is 1. The highest BCUT2D eigenvalue weighted by Gasteiger charge is 2.59. The molecule has 110 heavy (non-hydrogen) atoms. The van der Waals surface area contributed by atoms with E-state index < -0.39 is 195 Å². The number of hydrogen-bond donors (Lipinski definition) is 13. The first-order chi connectivity index (χ1) is 50.7. The van der Waals surface area contributed by atoms with Crippen molar-refractivity contribution >= 4 is 84.2 Å². The van der Waals surface area contributed by atoms with Crippen molar-refractivity contribution in [1.29, 1.82) is 0 Å². The van der Waals surface area contributed by atoms with Gasteiger partial charge in [-0.25, -0.2) is 9.59 Å². The summed E-state index contributed by atoms with van der Waals surface area (Å²) in [6, 6.07) is 0. The first-order valence-electron chi connectivity index (χ1n) is 31.5. The van der Waals surface area contributed by atoms with Crippen molar-refractivity contribution in [3.63, 3.8) is 0 Å². The average Bonchev–Trinajstić information content (AvgIpc) is 1.61. The van der Waals surface area contributed by atoms with Gasteiger partial charge in [-0.2, -0.15) is 52.7 Å². The number of hydrogen-bond acceptors (Lipinski definition) is 30. The van der Waals surface area contributed by atoms with Gasteiger partial charge in [0, 0.05) is 55.5 Å². The van der Waals surface area contributed by atoms with Crippen LogP contribution < -0.4 is 38.6 Å². The number of aliphatic hydroxyl groups is 6. The maximum atomic E-state index is 12.3. The lowest BCUT2D eigenvalue weighted by Crippen LogP contribution is -2.38. The molecule has 4 unspecified atom stereocenters. The van der Waals surface area contributed by atoms with Crippen LogP contribution in [0.5, 0.6) is 0 Å². The lowest BCUT2D eigenvalue weighted by molar-refractivity contribution is -0.221. The molecule has 14 N–H and O–H groups in total. The summed E-state index contributed by atoms with van der Waals surface area (Å²) in [6.45, 7) is 7.87. The summed E-state index contributed by atoms with van der Waals surface area (Å²) in [4.78, 5) is 98.0. The molecule has 7 fully saturated rings. The Morgan fingerprint density at radius 3 is 0.991 bits per heavy atom. The van der Waals surface area contributed by atoms with Crippen LogP contribution in [0.3, 0.4) is 0 Å². The molecule has 0 aromatic carbocycles. The fraction of sp³-hybridized carbons (Fsp3) is 0.649. The van der Waals surface area contributed by atoms with Crippen LogP contribution in [0.15, 0.2) is 44.0 Å². The number of fused-ring (bicyclic) bond motifs is 3. The van der Waals surface area contributed by atoms with Crippen LogP contribution in [0.2, 0.25) is 0 Å². The van der Waals surface area contributed by atoms with Crippen LogP contribution in [0.25, 0.3) is 0 Å². The second kappa shape index (κ2) is 35.3. The molecule has 4 aromatic rings. The monoisotopic (exact) mass is 1700 g/mol. The van der Waals surface area contributed by atoms with Crippen molar-refractivity contribution < 1.29 is 155 Å². The number of H-pyrrole nitrogens is 4. The SMILES string of the molecule is CC1(C)OC2[C@@H](CO)O[C@@H](n3cc(CCl)c(=O)[nH]c3=S)[C@H]2O1.CC1(C)OC2[C@@H](CO)O[C@@H](n3cc(CN)c(=O)[nH]c3=S)[C@H]2O1.CC1(C)OC2[C@@H](CO)O[C@@H](n3cc(CNC(=O)C(F)(F)F)c(=O)[nH]c3=S)[C@H]2O1.O=C(NCc1cn([C@@H]2O[C@H](CO)C(O)[C@@H]2O)c(=S)[nH]c1=O)C(F)(F)F.O=C(OC(=O)C(F)(F)F)C(F)(F)F. The van der Waals surface area contributed by atoms with Gasteiger partial charge in [-0.1, -0.05) is 0 Å². The largest absolute Gasteiger partial charge is 0.491 e. The molecule has 4 aromatic heterocycles. The van der Waals surface area contributed by atoms with Crippen LogP contribution >= 0.6 is 60.5 Å². The van der Waals surface area contributed by atoms with Gasteiger partial charge in [0.2, 0.25) is 0 Å². The van der Waals surface area contributed by atoms with E-state index in [0.717, 1.165) is 10.8 Å². The summed E-state index contributed by atoms with van der Waals surface area (Å²) in [7, 11) is 0. The minimum Gasteiger partial charge on any atom is -0.394 e. The molecular formula is C57H68ClF12N11O25S4. The molecule has 0 radical (unpaired) electrons. The normalized spacial score (nSPS) is 28.1. The molecule has 2 amide bonds. The summed E-state index contributed by atoms with van der Waals surface area (Å²) in [5.74, 6) is -13.2. The zero-order chi connectivity index (χ0) is 82.8. The predicted octanol–water partition coefficient (Wildman–Crippen LogP) is 1.20. The van der Waals surface area contributed by atoms with E-state index in [0.29, 0.717) is 11.1 Å². The number of aliphatic hydroxyl groups excluding tert-OH is 6. The first kappa shape index (κ1) is 90.4. The molecule has 616 valence electrons. The third-order valence-corrected chi connectivity index (χ3v) is 17.6. The number of rotatable bonds is 14. The summed E-state index contributed by atoms with van der Waals surface area (Å²) in [6.07, 6.45) is -28.3. The number of aromatic nitrogens is 8. The van der Waals surface area contributed by atoms with E-state index in [-0.39, 0.29) is 73.6 Å². The molecule has 0 aliphatic carbocycles. The fourth-order valence-corrected chi connectivity index (χ4v) is 12.5. The van der Waals surface area contributed by atoms with Crippen molar-refractivity contribution in [2.24, 2.45) is 5.73 Å². The molecule has 0 bridgehead atoms. The molecule has 11 rings (SSSR count). The van der Waals surface area contributed by atoms with Gasteiger partial charge in [0.1, 0.15) is 73.2 Å². The number of aromatic amines is 4. The number of ether oxygens (including phenoxy) is 11. The van der Waals surface area contributed by atoms with Gasteiger partial charge in [-0.15, -0.1) is 11.6 Å². The molecule has 7 aliphatic heterocycles. The third kappa shape index (κ3) is 21.6. The summed E-state index contributed by atoms with van der Waals surface area (Å²) in [5.41, 5.74) is 3.64. The Balaban J connectivity index is 0.000000194. The molecular weight excluding hydrogens is 1630 g/mol. The van der Waals surface area contributed by atoms with Crippen LogP contribution in [0, 0.1) is 19.1 Å². The van der Waals surface area contributed by atoms with Gasteiger partial charge in [-0.05, 0) is 90.4 Å². The maximum absolute atomic E-state index is 12.3. The smallest absolute Gasteiger partial charge is 0.394 e. The van der Waals surface area contributed by atoms with Gasteiger partial charge >= 0.3 is 48.5 Å². The Morgan fingerprint density at radius 1 is 0.455 bits per heavy atom. The van der Waals surface area contributed by atoms with Gasteiger partial charge in [0.15, 0.2) is 61.4 Å². The molecule has 16 atom stereocenters. The topological polar surface area (TPSA) is 492 Å². The second-order valence-electron chi connectivity index (χ2n) is 25.3. The van der Waals surface area contributed by atoms with Crippen molar-refractivity contribution in [3.05, 3.63) is 108 Å². The number of esters is 2. The summed E-state index contributed by atoms with van der Waals surface area (Å²) >= 11 is 26.2. The van der Waals surface area contributed by atoms with E-state index in [4.69, 9.17) is 119 Å². The fourth-order valence-electron chi connectivity index (χ4n) is 11.3. The standard InChI is InChI=1S/C15H18F3N3O6S.C13H17ClN2O5S.C13H19N3O5S.C12H14F3N3O6S.C4F6O3/c1-14(2)26-8-7(5-22)25-11(9(8)27-14)21-4-6(10(23)20-13(21)28)3-19-12(24)15(16,17)18;2*1-13(2)20-8-7(5-17)19-11(9(8)21-13)16-4-6(3-14)10(18)15-12(16)22;13-12(14,15)10(23)16-1-4-2-18(11(25)17-8(4)22)9-7(21)6(20)5(3-19)24-9;5-3(6,7)1(11)13-2(12)4(8,9)10/h4,7-9,11,22H,3,5H2,1-2H3,(H,19,24)(H,20,23,28);4,7-9,11,17H,3,5H2,1-2H3,(H,15,18,22);4,7-9,11,17H,3,5,14H2,1-2H3,(H,15,18,22);2,5-7,9,19-21H,1,3H2,(H,16,23)(H,17,22,25);/t3*7-,8?,9+,11-;5-,6?,7+,9-;/m1111./s1. The zero-order valence-electron chi connectivity index (χ0n) is 57.1. The van der Waals surface area contributed by atoms with Crippen molar-refractivity contribution in [1.82, 2.24) is 48.8 Å². The lowest BCUT2D eigenvalue weighted by Gasteiger charge is -2.25. The molecule has 0 spiro atoms. The highest BCUT2D eigenvalue weighted by Crippen LogP contribution is 2.46. The molecule has 36 nitrogen and oxygen atoms in total. The van der Waals surface area contributed by atoms with E-state index in [2.05, 4.69) is 24.7 Å². The molecule has 53 heteroatoms. The number of halogens is 13. The van der Waals surface area contributed by atoms with Crippen molar-refractivity contribution in [3.8, 4) is 0 Å². The first-order valence-corrected chi connectivity index (χ1v) is 33.6. The van der Waals surface area contributed by atoms with E-state index in [9.17, 15) is 117 Å². The van der Waals surface area contributed by atoms with Gasteiger partial charge in [-0.3, -0.25) is 67.0 Å². The third-order valence-electron chi connectivity index (χ3n) is 16.1. The number of carbonyl (C=O) groups is 4. The summed E-state index contributed by atoms with van der Waals surface area (Å²) in [5, 5.41) is 60.4. The minimum atomic E-state index is -5.62. The van der Waals surface area contributed by atoms with E-state index in [1.54, 1.807) is 68.4 Å².